The van der Waals surface area contributed by atoms with Gasteiger partial charge in [0.2, 0.25) is 0 Å². The maximum Gasteiger partial charge on any atom is 0.416 e. The Morgan fingerprint density at radius 1 is 1.00 bits per heavy atom. The number of nitrogens with zero attached hydrogens (tertiary/aromatic N) is 2. The molecule has 1 aliphatic heterocycles. The number of benzene rings is 3. The second-order valence-corrected chi connectivity index (χ2v) is 13.9. The molecular weight excluding hydrogens is 635 g/mol. The zero-order chi connectivity index (χ0) is 33.5. The molecular formula is C34H34F3N3O6S. The van der Waals surface area contributed by atoms with Crippen molar-refractivity contribution in [3.8, 4) is 11.1 Å². The van der Waals surface area contributed by atoms with Gasteiger partial charge in [0, 0.05) is 37.7 Å². The summed E-state index contributed by atoms with van der Waals surface area (Å²) in [5.74, 6) is -1.47. The van der Waals surface area contributed by atoms with E-state index in [-0.39, 0.29) is 54.4 Å². The lowest BCUT2D eigenvalue weighted by atomic mass is 9.91. The van der Waals surface area contributed by atoms with Crippen molar-refractivity contribution in [2.75, 3.05) is 25.0 Å². The Balaban J connectivity index is 1.75. The van der Waals surface area contributed by atoms with Crippen LogP contribution in [0.5, 0.6) is 0 Å². The summed E-state index contributed by atoms with van der Waals surface area (Å²) in [4.78, 5) is 27.3. The molecule has 0 bridgehead atoms. The lowest BCUT2D eigenvalue weighted by Crippen LogP contribution is -2.50. The fourth-order valence-electron chi connectivity index (χ4n) is 6.78. The van der Waals surface area contributed by atoms with Crippen LogP contribution in [-0.2, 0) is 27.4 Å². The molecule has 1 fully saturated rings. The number of pyridine rings is 1. The van der Waals surface area contributed by atoms with Crippen LogP contribution in [0.2, 0.25) is 0 Å². The zero-order valence-corrected chi connectivity index (χ0v) is 26.2. The largest absolute Gasteiger partial charge is 0.480 e. The van der Waals surface area contributed by atoms with Crippen LogP contribution in [0, 0.1) is 0 Å². The molecule has 1 saturated carbocycles. The molecule has 6 rings (SSSR count). The minimum atomic E-state index is -4.77. The van der Waals surface area contributed by atoms with Gasteiger partial charge >= 0.3 is 12.1 Å². The summed E-state index contributed by atoms with van der Waals surface area (Å²) < 4.78 is 72.7. The molecule has 4 aromatic rings. The number of aromatic nitrogens is 1. The van der Waals surface area contributed by atoms with Gasteiger partial charge in [-0.25, -0.2) is 13.2 Å². The van der Waals surface area contributed by atoms with Gasteiger partial charge in [0.1, 0.15) is 11.7 Å². The van der Waals surface area contributed by atoms with Crippen molar-refractivity contribution in [1.29, 1.82) is 0 Å². The van der Waals surface area contributed by atoms with Gasteiger partial charge in [-0.05, 0) is 58.9 Å². The number of carboxylic acids is 1. The van der Waals surface area contributed by atoms with Crippen LogP contribution in [0.1, 0.15) is 54.8 Å². The molecule has 3 N–H and O–H groups in total. The molecule has 0 saturated heterocycles. The van der Waals surface area contributed by atoms with E-state index < -0.39 is 50.9 Å². The summed E-state index contributed by atoms with van der Waals surface area (Å²) in [7, 11) is -4.66. The van der Waals surface area contributed by atoms with E-state index in [1.54, 1.807) is 0 Å². The van der Waals surface area contributed by atoms with Crippen molar-refractivity contribution < 1.29 is 36.6 Å². The molecule has 0 radical (unpaired) electrons. The molecule has 9 nitrogen and oxygen atoms in total. The second-order valence-electron chi connectivity index (χ2n) is 12.0. The number of rotatable bonds is 9. The summed E-state index contributed by atoms with van der Waals surface area (Å²) in [6.45, 7) is -1.22. The fourth-order valence-corrected chi connectivity index (χ4v) is 8.69. The highest BCUT2D eigenvalue weighted by Gasteiger charge is 2.45. The lowest BCUT2D eigenvalue weighted by molar-refractivity contribution is -0.141. The maximum atomic E-state index is 14.5. The maximum absolute atomic E-state index is 14.5. The second kappa shape index (κ2) is 12.8. The SMILES string of the molecule is O=C(O)C1CN(CCCO)S(=O)(=O)c2c(-c3cccc(C(F)(F)F)c3)c(Cc3cccc4ccccc34)c(NC3CCCC3)c(=O)n21. The topological polar surface area (TPSA) is 129 Å². The summed E-state index contributed by atoms with van der Waals surface area (Å²) in [5, 5.41) is 24.1. The molecule has 1 aliphatic carbocycles. The standard InChI is InChI=1S/C34H34F3N3O6S/c35-34(36,37)24-12-6-11-23(18-24)29-27(19-22-10-5-9-21-8-1-4-15-26(21)22)30(38-25-13-2-3-14-25)31(42)40-28(33(43)44)20-39(16-7-17-41)47(45,46)32(29)40/h1,4-6,8-12,15,18,25,28,38,41H,2-3,7,13-14,16-17,19-20H2,(H,43,44). The van der Waals surface area contributed by atoms with Crippen molar-refractivity contribution in [2.24, 2.45) is 0 Å². The summed E-state index contributed by atoms with van der Waals surface area (Å²) in [5.41, 5.74) is -1.33. The number of carboxylic acid groups (broad SMARTS) is 1. The first kappa shape index (κ1) is 32.7. The molecule has 2 heterocycles. The summed E-state index contributed by atoms with van der Waals surface area (Å²) in [6, 6.07) is 15.4. The molecule has 1 aromatic heterocycles. The third-order valence-corrected chi connectivity index (χ3v) is 10.9. The smallest absolute Gasteiger partial charge is 0.416 e. The van der Waals surface area contributed by atoms with Gasteiger partial charge in [-0.15, -0.1) is 0 Å². The van der Waals surface area contributed by atoms with Crippen molar-refractivity contribution >= 4 is 32.5 Å². The Labute approximate surface area is 269 Å². The van der Waals surface area contributed by atoms with Crippen LogP contribution in [0.25, 0.3) is 21.9 Å². The van der Waals surface area contributed by atoms with Gasteiger partial charge in [0.15, 0.2) is 5.03 Å². The van der Waals surface area contributed by atoms with E-state index in [0.29, 0.717) is 18.4 Å². The van der Waals surface area contributed by atoms with E-state index in [9.17, 15) is 41.4 Å². The van der Waals surface area contributed by atoms with Crippen LogP contribution in [0.4, 0.5) is 18.9 Å². The molecule has 0 spiro atoms. The highest BCUT2D eigenvalue weighted by molar-refractivity contribution is 7.89. The molecule has 13 heteroatoms. The van der Waals surface area contributed by atoms with Gasteiger partial charge in [0.25, 0.3) is 15.6 Å². The number of aliphatic hydroxyl groups excluding tert-OH is 1. The Morgan fingerprint density at radius 3 is 2.40 bits per heavy atom. The Hall–Kier alpha value is -4.20. The number of nitrogens with one attached hydrogen (secondary N) is 1. The van der Waals surface area contributed by atoms with E-state index in [4.69, 9.17) is 0 Å². The van der Waals surface area contributed by atoms with E-state index in [1.165, 1.54) is 12.1 Å². The number of fused-ring (bicyclic) bond motifs is 2. The van der Waals surface area contributed by atoms with Crippen LogP contribution in [0.3, 0.4) is 0 Å². The fraction of sp³-hybridized carbons (Fsp3) is 0.353. The monoisotopic (exact) mass is 669 g/mol. The van der Waals surface area contributed by atoms with Gasteiger partial charge in [-0.3, -0.25) is 9.36 Å². The molecule has 1 unspecified atom stereocenters. The lowest BCUT2D eigenvalue weighted by Gasteiger charge is -2.36. The van der Waals surface area contributed by atoms with E-state index >= 15 is 0 Å². The minimum Gasteiger partial charge on any atom is -0.480 e. The molecule has 3 aromatic carbocycles. The van der Waals surface area contributed by atoms with Gasteiger partial charge < -0.3 is 15.5 Å². The van der Waals surface area contributed by atoms with E-state index in [1.807, 2.05) is 42.5 Å². The number of anilines is 1. The van der Waals surface area contributed by atoms with Crippen molar-refractivity contribution in [3.63, 3.8) is 0 Å². The molecule has 0 amide bonds. The van der Waals surface area contributed by atoms with Crippen LogP contribution >= 0.6 is 0 Å². The van der Waals surface area contributed by atoms with Crippen molar-refractivity contribution in [3.05, 3.63) is 93.8 Å². The van der Waals surface area contributed by atoms with Gasteiger partial charge in [0.05, 0.1) is 5.56 Å². The quantitative estimate of drug-likeness (QED) is 0.210. The number of aliphatic carboxylic acids is 1. The normalized spacial score (nSPS) is 18.3. The van der Waals surface area contributed by atoms with Crippen LogP contribution < -0.4 is 10.9 Å². The van der Waals surface area contributed by atoms with E-state index in [2.05, 4.69) is 5.32 Å². The van der Waals surface area contributed by atoms with E-state index in [0.717, 1.165) is 44.6 Å². The van der Waals surface area contributed by atoms with Crippen molar-refractivity contribution in [2.45, 2.75) is 61.8 Å². The average molecular weight is 670 g/mol. The number of alkyl halides is 3. The third kappa shape index (κ3) is 6.15. The summed E-state index contributed by atoms with van der Waals surface area (Å²) >= 11 is 0. The Kier molecular flexibility index (Phi) is 8.90. The Bertz CT molecular complexity index is 2000. The third-order valence-electron chi connectivity index (χ3n) is 9.02. The van der Waals surface area contributed by atoms with Crippen molar-refractivity contribution in [1.82, 2.24) is 8.87 Å². The first-order chi connectivity index (χ1) is 22.4. The first-order valence-electron chi connectivity index (χ1n) is 15.5. The average Bonchev–Trinajstić information content (AvgIpc) is 3.55. The highest BCUT2D eigenvalue weighted by atomic mass is 32.2. The molecule has 47 heavy (non-hydrogen) atoms. The number of sulfonamides is 1. The number of hydrogen-bond donors (Lipinski definition) is 3. The van der Waals surface area contributed by atoms with Crippen LogP contribution in [-0.4, -0.2) is 59.2 Å². The number of carbonyl (C=O) groups is 1. The van der Waals surface area contributed by atoms with Gasteiger partial charge in [-0.1, -0.05) is 67.4 Å². The first-order valence-corrected chi connectivity index (χ1v) is 16.9. The molecule has 2 aliphatic rings. The highest BCUT2D eigenvalue weighted by Crippen LogP contribution is 2.43. The number of halogens is 3. The predicted octanol–water partition coefficient (Wildman–Crippen LogP) is 5.65. The van der Waals surface area contributed by atoms with Crippen LogP contribution in [0.15, 0.2) is 76.6 Å². The Morgan fingerprint density at radius 2 is 1.70 bits per heavy atom. The zero-order valence-electron chi connectivity index (χ0n) is 25.3. The molecule has 248 valence electrons. The number of hydrogen-bond acceptors (Lipinski definition) is 6. The molecule has 1 atom stereocenters. The minimum absolute atomic E-state index is 0.0150. The summed E-state index contributed by atoms with van der Waals surface area (Å²) in [6.07, 6.45) is -1.62. The number of aliphatic hydroxyl groups is 1. The predicted molar refractivity (Wildman–Crippen MR) is 171 cm³/mol. The van der Waals surface area contributed by atoms with Gasteiger partial charge in [-0.2, -0.15) is 17.5 Å².